The third-order valence-corrected chi connectivity index (χ3v) is 3.05. The van der Waals surface area contributed by atoms with Gasteiger partial charge in [0.15, 0.2) is 0 Å². The minimum atomic E-state index is 1.14. The number of benzene rings is 2. The summed E-state index contributed by atoms with van der Waals surface area (Å²) in [6.45, 7) is 0. The SMILES string of the molecule is CNc1cc2[nH]ccc2cc1-c1ccccc1. The smallest absolute Gasteiger partial charge is 0.0475 e. The molecule has 3 rings (SSSR count). The van der Waals surface area contributed by atoms with Crippen LogP contribution in [0, 0.1) is 0 Å². The predicted octanol–water partition coefficient (Wildman–Crippen LogP) is 3.88. The summed E-state index contributed by atoms with van der Waals surface area (Å²) >= 11 is 0. The topological polar surface area (TPSA) is 27.8 Å². The van der Waals surface area contributed by atoms with E-state index in [1.54, 1.807) is 0 Å². The third kappa shape index (κ3) is 1.68. The molecule has 2 N–H and O–H groups in total. The lowest BCUT2D eigenvalue weighted by Crippen LogP contribution is -1.91. The molecule has 0 bridgehead atoms. The minimum Gasteiger partial charge on any atom is -0.388 e. The third-order valence-electron chi connectivity index (χ3n) is 3.05. The van der Waals surface area contributed by atoms with Crippen molar-refractivity contribution in [2.24, 2.45) is 0 Å². The fraction of sp³-hybridized carbons (Fsp3) is 0.0667. The van der Waals surface area contributed by atoms with Crippen molar-refractivity contribution in [3.05, 3.63) is 54.7 Å². The van der Waals surface area contributed by atoms with Crippen molar-refractivity contribution in [2.75, 3.05) is 12.4 Å². The first kappa shape index (κ1) is 9.97. The number of hydrogen-bond acceptors (Lipinski definition) is 1. The van der Waals surface area contributed by atoms with Gasteiger partial charge in [0.1, 0.15) is 0 Å². The Labute approximate surface area is 100 Å². The Bertz CT molecular complexity index is 638. The first-order chi connectivity index (χ1) is 8.38. The van der Waals surface area contributed by atoms with Crippen LogP contribution in [-0.4, -0.2) is 12.0 Å². The highest BCUT2D eigenvalue weighted by molar-refractivity contribution is 5.92. The molecule has 84 valence electrons. The van der Waals surface area contributed by atoms with Crippen LogP contribution in [0.25, 0.3) is 22.0 Å². The van der Waals surface area contributed by atoms with Gasteiger partial charge in [-0.2, -0.15) is 0 Å². The molecule has 0 fully saturated rings. The Hall–Kier alpha value is -2.22. The van der Waals surface area contributed by atoms with E-state index >= 15 is 0 Å². The van der Waals surface area contributed by atoms with Crippen LogP contribution in [0.4, 0.5) is 5.69 Å². The number of anilines is 1. The fourth-order valence-electron chi connectivity index (χ4n) is 2.16. The number of fused-ring (bicyclic) bond motifs is 1. The summed E-state index contributed by atoms with van der Waals surface area (Å²) < 4.78 is 0. The summed E-state index contributed by atoms with van der Waals surface area (Å²) in [5.74, 6) is 0. The molecular formula is C15H14N2. The predicted molar refractivity (Wildman–Crippen MR) is 73.3 cm³/mol. The molecule has 0 atom stereocenters. The molecule has 0 radical (unpaired) electrons. The van der Waals surface area contributed by atoms with Crippen LogP contribution in [0.3, 0.4) is 0 Å². The van der Waals surface area contributed by atoms with Gasteiger partial charge in [0.05, 0.1) is 0 Å². The largest absolute Gasteiger partial charge is 0.388 e. The molecule has 1 aromatic heterocycles. The van der Waals surface area contributed by atoms with Crippen molar-refractivity contribution in [2.45, 2.75) is 0 Å². The molecule has 0 saturated carbocycles. The van der Waals surface area contributed by atoms with Gasteiger partial charge >= 0.3 is 0 Å². The van der Waals surface area contributed by atoms with Crippen LogP contribution >= 0.6 is 0 Å². The van der Waals surface area contributed by atoms with Crippen molar-refractivity contribution >= 4 is 16.6 Å². The molecule has 1 heterocycles. The standard InChI is InChI=1S/C15H14N2/c1-16-15-10-14-12(7-8-17-14)9-13(15)11-5-3-2-4-6-11/h2-10,16-17H,1H3. The van der Waals surface area contributed by atoms with Crippen molar-refractivity contribution < 1.29 is 0 Å². The minimum absolute atomic E-state index is 1.14. The number of H-pyrrole nitrogens is 1. The lowest BCUT2D eigenvalue weighted by molar-refractivity contribution is 1.46. The summed E-state index contributed by atoms with van der Waals surface area (Å²) in [5, 5.41) is 4.49. The fourth-order valence-corrected chi connectivity index (χ4v) is 2.16. The monoisotopic (exact) mass is 222 g/mol. The van der Waals surface area contributed by atoms with Gasteiger partial charge in [0.2, 0.25) is 0 Å². The molecular weight excluding hydrogens is 208 g/mol. The zero-order valence-electron chi connectivity index (χ0n) is 9.70. The molecule has 0 unspecified atom stereocenters. The lowest BCUT2D eigenvalue weighted by atomic mass is 10.0. The van der Waals surface area contributed by atoms with Crippen molar-refractivity contribution in [1.82, 2.24) is 4.98 Å². The zero-order chi connectivity index (χ0) is 11.7. The van der Waals surface area contributed by atoms with Crippen LogP contribution < -0.4 is 5.32 Å². The number of hydrogen-bond donors (Lipinski definition) is 2. The van der Waals surface area contributed by atoms with Gasteiger partial charge < -0.3 is 10.3 Å². The maximum absolute atomic E-state index is 3.26. The molecule has 0 aliphatic carbocycles. The maximum Gasteiger partial charge on any atom is 0.0475 e. The molecule has 3 aromatic rings. The van der Waals surface area contributed by atoms with E-state index < -0.39 is 0 Å². The van der Waals surface area contributed by atoms with Crippen LogP contribution in [0.15, 0.2) is 54.7 Å². The lowest BCUT2D eigenvalue weighted by Gasteiger charge is -2.09. The van der Waals surface area contributed by atoms with E-state index in [4.69, 9.17) is 0 Å². The van der Waals surface area contributed by atoms with Crippen molar-refractivity contribution in [1.29, 1.82) is 0 Å². The summed E-state index contributed by atoms with van der Waals surface area (Å²) in [7, 11) is 1.95. The molecule has 17 heavy (non-hydrogen) atoms. The van der Waals surface area contributed by atoms with E-state index in [1.807, 2.05) is 19.3 Å². The molecule has 0 saturated heterocycles. The first-order valence-corrected chi connectivity index (χ1v) is 5.73. The quantitative estimate of drug-likeness (QED) is 0.676. The second-order valence-corrected chi connectivity index (χ2v) is 4.08. The molecule has 2 aromatic carbocycles. The van der Waals surface area contributed by atoms with Gasteiger partial charge in [0, 0.05) is 35.4 Å². The average Bonchev–Trinajstić information content (AvgIpc) is 2.85. The Morgan fingerprint density at radius 2 is 1.82 bits per heavy atom. The van der Waals surface area contributed by atoms with E-state index in [0.29, 0.717) is 0 Å². The Morgan fingerprint density at radius 1 is 1.00 bits per heavy atom. The van der Waals surface area contributed by atoms with E-state index in [9.17, 15) is 0 Å². The first-order valence-electron chi connectivity index (χ1n) is 5.73. The molecule has 2 heteroatoms. The highest BCUT2D eigenvalue weighted by Gasteiger charge is 2.06. The Kier molecular flexibility index (Phi) is 2.33. The van der Waals surface area contributed by atoms with Crippen LogP contribution in [-0.2, 0) is 0 Å². The Morgan fingerprint density at radius 3 is 2.59 bits per heavy atom. The molecule has 0 aliphatic rings. The van der Waals surface area contributed by atoms with Gasteiger partial charge in [-0.1, -0.05) is 30.3 Å². The van der Waals surface area contributed by atoms with Crippen molar-refractivity contribution in [3.8, 4) is 11.1 Å². The van der Waals surface area contributed by atoms with Gasteiger partial charge in [-0.25, -0.2) is 0 Å². The number of aromatic amines is 1. The highest BCUT2D eigenvalue weighted by atomic mass is 14.8. The van der Waals surface area contributed by atoms with Gasteiger partial charge in [-0.15, -0.1) is 0 Å². The van der Waals surface area contributed by atoms with Gasteiger partial charge in [-0.3, -0.25) is 0 Å². The normalized spacial score (nSPS) is 10.6. The summed E-state index contributed by atoms with van der Waals surface area (Å²) in [6.07, 6.45) is 1.97. The van der Waals surface area contributed by atoms with Crippen LogP contribution in [0.2, 0.25) is 0 Å². The summed E-state index contributed by atoms with van der Waals surface area (Å²) in [6, 6.07) is 16.9. The van der Waals surface area contributed by atoms with Crippen LogP contribution in [0.1, 0.15) is 0 Å². The molecule has 2 nitrogen and oxygen atoms in total. The maximum atomic E-state index is 3.26. The summed E-state index contributed by atoms with van der Waals surface area (Å²) in [5.41, 5.74) is 4.78. The number of rotatable bonds is 2. The Balaban J connectivity index is 2.26. The van der Waals surface area contributed by atoms with Crippen LogP contribution in [0.5, 0.6) is 0 Å². The average molecular weight is 222 g/mol. The molecule has 0 aliphatic heterocycles. The summed E-state index contributed by atoms with van der Waals surface area (Å²) in [4.78, 5) is 3.23. The van der Waals surface area contributed by atoms with E-state index in [1.165, 1.54) is 16.5 Å². The van der Waals surface area contributed by atoms with E-state index in [0.717, 1.165) is 11.2 Å². The van der Waals surface area contributed by atoms with Gasteiger partial charge in [0.25, 0.3) is 0 Å². The van der Waals surface area contributed by atoms with E-state index in [-0.39, 0.29) is 0 Å². The zero-order valence-corrected chi connectivity index (χ0v) is 9.70. The second kappa shape index (κ2) is 3.98. The highest BCUT2D eigenvalue weighted by Crippen LogP contribution is 2.31. The second-order valence-electron chi connectivity index (χ2n) is 4.08. The number of nitrogens with one attached hydrogen (secondary N) is 2. The van der Waals surface area contributed by atoms with Crippen molar-refractivity contribution in [3.63, 3.8) is 0 Å². The molecule has 0 spiro atoms. The van der Waals surface area contributed by atoms with Gasteiger partial charge in [-0.05, 0) is 23.8 Å². The number of aromatic nitrogens is 1. The van der Waals surface area contributed by atoms with E-state index in [2.05, 4.69) is 52.8 Å². The molecule has 0 amide bonds.